The van der Waals surface area contributed by atoms with Crippen LogP contribution in [0.5, 0.6) is 5.75 Å². The zero-order valence-electron chi connectivity index (χ0n) is 21.2. The lowest BCUT2D eigenvalue weighted by molar-refractivity contribution is -0.119. The molecule has 1 aromatic rings. The lowest BCUT2D eigenvalue weighted by Gasteiger charge is -2.49. The summed E-state index contributed by atoms with van der Waals surface area (Å²) in [5.74, 6) is 0.450. The third-order valence-electron chi connectivity index (χ3n) is 7.26. The van der Waals surface area contributed by atoms with E-state index in [1.807, 2.05) is 18.2 Å². The standard InChI is InChI=1S/C28H36ClNO4/c1-27(2)13-19-25(21(31)15-27)24(17-8-9-23(34-6)18(29)12-17)26-20(30(19)10-7-11-33-5)14-28(3,4)16-22(26)32/h8-9,12,24H,7,10-11,13-16H2,1-6H3. The monoisotopic (exact) mass is 485 g/mol. The Morgan fingerprint density at radius 1 is 0.941 bits per heavy atom. The molecule has 0 radical (unpaired) electrons. The molecule has 0 atom stereocenters. The average Bonchev–Trinajstić information content (AvgIpc) is 2.72. The molecule has 2 aliphatic carbocycles. The molecule has 0 unspecified atom stereocenters. The van der Waals surface area contributed by atoms with Crippen LogP contribution < -0.4 is 4.74 Å². The van der Waals surface area contributed by atoms with Crippen LogP contribution in [-0.4, -0.2) is 43.8 Å². The van der Waals surface area contributed by atoms with Gasteiger partial charge in [-0.1, -0.05) is 45.4 Å². The Morgan fingerprint density at radius 2 is 1.50 bits per heavy atom. The predicted molar refractivity (Wildman–Crippen MR) is 134 cm³/mol. The van der Waals surface area contributed by atoms with E-state index in [0.29, 0.717) is 30.2 Å². The van der Waals surface area contributed by atoms with E-state index in [1.165, 1.54) is 0 Å². The molecule has 3 aliphatic rings. The maximum absolute atomic E-state index is 13.7. The molecule has 0 fully saturated rings. The summed E-state index contributed by atoms with van der Waals surface area (Å²) in [5.41, 5.74) is 4.28. The number of ketones is 2. The van der Waals surface area contributed by atoms with Gasteiger partial charge < -0.3 is 14.4 Å². The summed E-state index contributed by atoms with van der Waals surface area (Å²) in [4.78, 5) is 29.7. The molecule has 5 nitrogen and oxygen atoms in total. The van der Waals surface area contributed by atoms with Crippen molar-refractivity contribution in [2.45, 2.75) is 65.7 Å². The van der Waals surface area contributed by atoms with Crippen molar-refractivity contribution < 1.29 is 19.1 Å². The molecular weight excluding hydrogens is 450 g/mol. The van der Waals surface area contributed by atoms with E-state index in [0.717, 1.165) is 53.9 Å². The Morgan fingerprint density at radius 3 is 1.97 bits per heavy atom. The summed E-state index contributed by atoms with van der Waals surface area (Å²) in [5, 5.41) is 0.485. The smallest absolute Gasteiger partial charge is 0.162 e. The SMILES string of the molecule is COCCCN1C2=C(C(=O)CC(C)(C)C2)C(c2ccc(OC)c(Cl)c2)C2=C1CC(C)(C)CC2=O. The first kappa shape index (κ1) is 25.0. The van der Waals surface area contributed by atoms with Crippen molar-refractivity contribution in [1.82, 2.24) is 4.90 Å². The molecule has 0 amide bonds. The van der Waals surface area contributed by atoms with E-state index in [9.17, 15) is 9.59 Å². The van der Waals surface area contributed by atoms with Gasteiger partial charge in [0, 0.05) is 61.6 Å². The molecule has 0 bridgehead atoms. The fourth-order valence-corrected chi connectivity index (χ4v) is 6.15. The number of Topliss-reactive ketones (excluding diaryl/α,β-unsaturated/α-hetero) is 2. The molecule has 4 rings (SSSR count). The van der Waals surface area contributed by atoms with Gasteiger partial charge in [-0.3, -0.25) is 9.59 Å². The fraction of sp³-hybridized carbons (Fsp3) is 0.571. The van der Waals surface area contributed by atoms with Crippen molar-refractivity contribution in [1.29, 1.82) is 0 Å². The first-order chi connectivity index (χ1) is 16.0. The maximum atomic E-state index is 13.7. The van der Waals surface area contributed by atoms with Crippen molar-refractivity contribution in [2.24, 2.45) is 10.8 Å². The minimum atomic E-state index is -0.390. The third kappa shape index (κ3) is 4.57. The molecule has 0 spiro atoms. The first-order valence-electron chi connectivity index (χ1n) is 12.1. The number of ether oxygens (including phenoxy) is 2. The summed E-state index contributed by atoms with van der Waals surface area (Å²) < 4.78 is 10.7. The number of rotatable bonds is 6. The van der Waals surface area contributed by atoms with Gasteiger partial charge in [-0.25, -0.2) is 0 Å². The fourth-order valence-electron chi connectivity index (χ4n) is 5.88. The average molecular weight is 486 g/mol. The number of nitrogens with zero attached hydrogens (tertiary/aromatic N) is 1. The van der Waals surface area contributed by atoms with Crippen LogP contribution in [0.2, 0.25) is 5.02 Å². The first-order valence-corrected chi connectivity index (χ1v) is 12.5. The van der Waals surface area contributed by atoms with Gasteiger partial charge in [0.2, 0.25) is 0 Å². The van der Waals surface area contributed by atoms with E-state index in [-0.39, 0.29) is 28.3 Å². The summed E-state index contributed by atoms with van der Waals surface area (Å²) in [6.45, 7) is 9.98. The van der Waals surface area contributed by atoms with Gasteiger partial charge in [-0.05, 0) is 47.8 Å². The molecule has 1 aromatic carbocycles. The van der Waals surface area contributed by atoms with Crippen molar-refractivity contribution in [3.05, 3.63) is 51.3 Å². The Bertz CT molecular complexity index is 1030. The topological polar surface area (TPSA) is 55.8 Å². The second kappa shape index (κ2) is 9.16. The van der Waals surface area contributed by atoms with Crippen molar-refractivity contribution in [2.75, 3.05) is 27.4 Å². The largest absolute Gasteiger partial charge is 0.495 e. The predicted octanol–water partition coefficient (Wildman–Crippen LogP) is 6.07. The molecule has 6 heteroatoms. The lowest BCUT2D eigenvalue weighted by atomic mass is 9.63. The highest BCUT2D eigenvalue weighted by Gasteiger charge is 2.48. The van der Waals surface area contributed by atoms with Crippen LogP contribution in [0.3, 0.4) is 0 Å². The van der Waals surface area contributed by atoms with Gasteiger partial charge >= 0.3 is 0 Å². The summed E-state index contributed by atoms with van der Waals surface area (Å²) in [7, 11) is 3.29. The van der Waals surface area contributed by atoms with Gasteiger partial charge in [-0.15, -0.1) is 0 Å². The van der Waals surface area contributed by atoms with E-state index in [4.69, 9.17) is 21.1 Å². The van der Waals surface area contributed by atoms with Gasteiger partial charge in [0.15, 0.2) is 11.6 Å². The lowest BCUT2D eigenvalue weighted by Crippen LogP contribution is -2.44. The molecule has 0 saturated heterocycles. The van der Waals surface area contributed by atoms with Crippen molar-refractivity contribution >= 4 is 23.2 Å². The molecular formula is C28H36ClNO4. The Balaban J connectivity index is 1.95. The molecule has 34 heavy (non-hydrogen) atoms. The molecule has 0 N–H and O–H groups in total. The number of hydrogen-bond donors (Lipinski definition) is 0. The Kier molecular flexibility index (Phi) is 6.73. The highest BCUT2D eigenvalue weighted by molar-refractivity contribution is 6.32. The van der Waals surface area contributed by atoms with Gasteiger partial charge in [-0.2, -0.15) is 0 Å². The van der Waals surface area contributed by atoms with Gasteiger partial charge in [0.1, 0.15) is 5.75 Å². The van der Waals surface area contributed by atoms with E-state index < -0.39 is 0 Å². The van der Waals surface area contributed by atoms with Gasteiger partial charge in [0.25, 0.3) is 0 Å². The van der Waals surface area contributed by atoms with Crippen LogP contribution in [0.25, 0.3) is 0 Å². The van der Waals surface area contributed by atoms with Crippen molar-refractivity contribution in [3.63, 3.8) is 0 Å². The minimum Gasteiger partial charge on any atom is -0.495 e. The number of halogens is 1. The molecule has 0 aromatic heterocycles. The molecule has 1 heterocycles. The van der Waals surface area contributed by atoms with Crippen LogP contribution in [0.1, 0.15) is 71.3 Å². The van der Waals surface area contributed by atoms with Crippen LogP contribution in [-0.2, 0) is 14.3 Å². The second-order valence-corrected chi connectivity index (χ2v) is 11.8. The van der Waals surface area contributed by atoms with Crippen LogP contribution >= 0.6 is 11.6 Å². The maximum Gasteiger partial charge on any atom is 0.162 e. The van der Waals surface area contributed by atoms with Crippen LogP contribution in [0, 0.1) is 10.8 Å². The zero-order valence-corrected chi connectivity index (χ0v) is 22.0. The Labute approximate surface area is 208 Å². The molecule has 1 aliphatic heterocycles. The quantitative estimate of drug-likeness (QED) is 0.457. The summed E-state index contributed by atoms with van der Waals surface area (Å²) in [6.07, 6.45) is 3.37. The number of carbonyl (C=O) groups is 2. The number of benzene rings is 1. The van der Waals surface area contributed by atoms with Crippen LogP contribution in [0.4, 0.5) is 0 Å². The number of carbonyl (C=O) groups excluding carboxylic acids is 2. The minimum absolute atomic E-state index is 0.129. The number of allylic oxidation sites excluding steroid dienone is 4. The summed E-state index contributed by atoms with van der Waals surface area (Å²) >= 11 is 6.52. The molecule has 184 valence electrons. The second-order valence-electron chi connectivity index (χ2n) is 11.4. The van der Waals surface area contributed by atoms with Gasteiger partial charge in [0.05, 0.1) is 12.1 Å². The normalized spacial score (nSPS) is 22.1. The number of methoxy groups -OCH3 is 2. The number of hydrogen-bond acceptors (Lipinski definition) is 5. The third-order valence-corrected chi connectivity index (χ3v) is 7.56. The molecule has 0 saturated carbocycles. The van der Waals surface area contributed by atoms with Crippen LogP contribution in [0.15, 0.2) is 40.7 Å². The highest BCUT2D eigenvalue weighted by Crippen LogP contribution is 2.54. The van der Waals surface area contributed by atoms with E-state index >= 15 is 0 Å². The Hall–Kier alpha value is -2.11. The van der Waals surface area contributed by atoms with Crippen molar-refractivity contribution in [3.8, 4) is 5.75 Å². The van der Waals surface area contributed by atoms with E-state index in [2.05, 4.69) is 32.6 Å². The highest BCUT2D eigenvalue weighted by atomic mass is 35.5. The summed E-state index contributed by atoms with van der Waals surface area (Å²) in [6, 6.07) is 5.64. The van der Waals surface area contributed by atoms with E-state index in [1.54, 1.807) is 14.2 Å². The zero-order chi connectivity index (χ0) is 24.8.